The fourth-order valence-corrected chi connectivity index (χ4v) is 2.01. The van der Waals surface area contributed by atoms with Crippen molar-refractivity contribution in [1.29, 1.82) is 10.5 Å². The molecule has 1 N–H and O–H groups in total. The van der Waals surface area contributed by atoms with Crippen LogP contribution in [0.15, 0.2) is 35.9 Å². The van der Waals surface area contributed by atoms with E-state index in [4.69, 9.17) is 5.26 Å². The summed E-state index contributed by atoms with van der Waals surface area (Å²) in [6.45, 7) is 1.79. The van der Waals surface area contributed by atoms with E-state index in [0.29, 0.717) is 16.9 Å². The lowest BCUT2D eigenvalue weighted by Crippen LogP contribution is -2.13. The Balaban J connectivity index is 2.29. The summed E-state index contributed by atoms with van der Waals surface area (Å²) in [6, 6.07) is 10.7. The molecule has 0 spiro atoms. The van der Waals surface area contributed by atoms with Crippen molar-refractivity contribution < 1.29 is 9.18 Å². The molecule has 2 aromatic rings. The number of hydrogen-bond donors (Lipinski definition) is 1. The number of aromatic nitrogens is 1. The van der Waals surface area contributed by atoms with Gasteiger partial charge in [0.1, 0.15) is 29.2 Å². The Hall–Kier alpha value is -3.38. The molecular weight excluding hydrogens is 295 g/mol. The number of carbonyl (C=O) groups excluding carboxylic acids is 1. The Kier molecular flexibility index (Phi) is 4.58. The van der Waals surface area contributed by atoms with E-state index in [1.54, 1.807) is 24.6 Å². The summed E-state index contributed by atoms with van der Waals surface area (Å²) in [7, 11) is 1.73. The van der Waals surface area contributed by atoms with Gasteiger partial charge in [0, 0.05) is 18.4 Å². The van der Waals surface area contributed by atoms with E-state index in [9.17, 15) is 14.4 Å². The highest BCUT2D eigenvalue weighted by atomic mass is 19.1. The van der Waals surface area contributed by atoms with Gasteiger partial charge in [0.25, 0.3) is 5.91 Å². The van der Waals surface area contributed by atoms with Gasteiger partial charge in [-0.2, -0.15) is 10.5 Å². The molecule has 1 heterocycles. The molecular formula is C17H13FN4O. The summed E-state index contributed by atoms with van der Waals surface area (Å²) >= 11 is 0. The molecule has 0 saturated carbocycles. The summed E-state index contributed by atoms with van der Waals surface area (Å²) in [5.74, 6) is -1.01. The molecule has 6 heteroatoms. The molecule has 1 aromatic carbocycles. The van der Waals surface area contributed by atoms with Gasteiger partial charge in [-0.05, 0) is 48.9 Å². The highest BCUT2D eigenvalue weighted by Crippen LogP contribution is 2.18. The Labute approximate surface area is 132 Å². The first-order valence-electron chi connectivity index (χ1n) is 6.71. The van der Waals surface area contributed by atoms with Crippen molar-refractivity contribution >= 4 is 17.7 Å². The van der Waals surface area contributed by atoms with Crippen molar-refractivity contribution in [3.8, 4) is 12.1 Å². The zero-order chi connectivity index (χ0) is 17.0. The Bertz CT molecular complexity index is 864. The van der Waals surface area contributed by atoms with Gasteiger partial charge in [0.2, 0.25) is 0 Å². The van der Waals surface area contributed by atoms with Gasteiger partial charge in [-0.25, -0.2) is 4.39 Å². The molecule has 0 bridgehead atoms. The van der Waals surface area contributed by atoms with Crippen molar-refractivity contribution in [2.45, 2.75) is 6.92 Å². The van der Waals surface area contributed by atoms with Gasteiger partial charge in [0.15, 0.2) is 0 Å². The number of benzene rings is 1. The third-order valence-corrected chi connectivity index (χ3v) is 3.46. The van der Waals surface area contributed by atoms with Crippen molar-refractivity contribution in [2.75, 3.05) is 5.32 Å². The molecule has 0 atom stereocenters. The van der Waals surface area contributed by atoms with Crippen LogP contribution in [0.3, 0.4) is 0 Å². The van der Waals surface area contributed by atoms with Crippen molar-refractivity contribution in [2.24, 2.45) is 7.05 Å². The average molecular weight is 308 g/mol. The normalized spacial score (nSPS) is 10.7. The largest absolute Gasteiger partial charge is 0.339 e. The van der Waals surface area contributed by atoms with Crippen molar-refractivity contribution in [1.82, 2.24) is 4.57 Å². The van der Waals surface area contributed by atoms with Gasteiger partial charge in [-0.15, -0.1) is 0 Å². The lowest BCUT2D eigenvalue weighted by atomic mass is 10.1. The maximum absolute atomic E-state index is 12.8. The molecule has 1 aromatic heterocycles. The molecule has 2 rings (SSSR count). The predicted molar refractivity (Wildman–Crippen MR) is 83.5 cm³/mol. The number of nitriles is 2. The number of amides is 1. The first kappa shape index (κ1) is 16.0. The first-order valence-corrected chi connectivity index (χ1v) is 6.71. The number of anilines is 1. The van der Waals surface area contributed by atoms with Crippen LogP contribution in [0.4, 0.5) is 10.1 Å². The standard InChI is InChI=1S/C17H13FN4O/c1-11-12(8-16(10-20)22(11)2)7-13(9-19)17(23)21-15-5-3-14(18)4-6-15/h3-8H,1-2H3,(H,21,23)/b13-7+. The Morgan fingerprint density at radius 1 is 1.30 bits per heavy atom. The van der Waals surface area contributed by atoms with Gasteiger partial charge in [-0.1, -0.05) is 0 Å². The summed E-state index contributed by atoms with van der Waals surface area (Å²) in [4.78, 5) is 12.1. The number of carbonyl (C=O) groups is 1. The highest BCUT2D eigenvalue weighted by Gasteiger charge is 2.13. The quantitative estimate of drug-likeness (QED) is 0.699. The van der Waals surface area contributed by atoms with Crippen LogP contribution in [0.1, 0.15) is 17.0 Å². The van der Waals surface area contributed by atoms with Gasteiger partial charge < -0.3 is 9.88 Å². The highest BCUT2D eigenvalue weighted by molar-refractivity contribution is 6.09. The Morgan fingerprint density at radius 2 is 1.96 bits per heavy atom. The maximum atomic E-state index is 12.8. The topological polar surface area (TPSA) is 81.6 Å². The third-order valence-electron chi connectivity index (χ3n) is 3.46. The molecule has 23 heavy (non-hydrogen) atoms. The van der Waals surface area contributed by atoms with Crippen LogP contribution in [0, 0.1) is 35.4 Å². The number of hydrogen-bond acceptors (Lipinski definition) is 3. The molecule has 0 fully saturated rings. The summed E-state index contributed by atoms with van der Waals surface area (Å²) < 4.78 is 14.5. The van der Waals surface area contributed by atoms with E-state index in [1.807, 2.05) is 12.1 Å². The van der Waals surface area contributed by atoms with Crippen LogP contribution in [-0.2, 0) is 11.8 Å². The second-order valence-corrected chi connectivity index (χ2v) is 4.87. The minimum atomic E-state index is -0.596. The SMILES string of the molecule is Cc1c(/C=C(\C#N)C(=O)Nc2ccc(F)cc2)cc(C#N)n1C. The molecule has 0 saturated heterocycles. The van der Waals surface area contributed by atoms with Crippen LogP contribution < -0.4 is 5.32 Å². The monoisotopic (exact) mass is 308 g/mol. The number of nitrogens with one attached hydrogen (secondary N) is 1. The fourth-order valence-electron chi connectivity index (χ4n) is 2.01. The second-order valence-electron chi connectivity index (χ2n) is 4.87. The second kappa shape index (κ2) is 6.59. The van der Waals surface area contributed by atoms with E-state index in [0.717, 1.165) is 5.69 Å². The maximum Gasteiger partial charge on any atom is 0.266 e. The van der Waals surface area contributed by atoms with Gasteiger partial charge in [-0.3, -0.25) is 4.79 Å². The fraction of sp³-hybridized carbons (Fsp3) is 0.118. The molecule has 0 aliphatic carbocycles. The average Bonchev–Trinajstić information content (AvgIpc) is 2.82. The minimum Gasteiger partial charge on any atom is -0.339 e. The van der Waals surface area contributed by atoms with E-state index in [2.05, 4.69) is 5.32 Å². The zero-order valence-corrected chi connectivity index (χ0v) is 12.6. The lowest BCUT2D eigenvalue weighted by molar-refractivity contribution is -0.112. The van der Waals surface area contributed by atoms with E-state index in [1.165, 1.54) is 30.3 Å². The van der Waals surface area contributed by atoms with E-state index < -0.39 is 11.7 Å². The number of rotatable bonds is 3. The van der Waals surface area contributed by atoms with Crippen LogP contribution in [0.2, 0.25) is 0 Å². The lowest BCUT2D eigenvalue weighted by Gasteiger charge is -2.04. The molecule has 0 radical (unpaired) electrons. The summed E-state index contributed by atoms with van der Waals surface area (Å²) in [6.07, 6.45) is 1.43. The molecule has 0 aliphatic rings. The van der Waals surface area contributed by atoms with Crippen molar-refractivity contribution in [3.05, 3.63) is 58.7 Å². The molecule has 5 nitrogen and oxygen atoms in total. The van der Waals surface area contributed by atoms with Gasteiger partial charge >= 0.3 is 0 Å². The molecule has 114 valence electrons. The van der Waals surface area contributed by atoms with Crippen LogP contribution in [0.5, 0.6) is 0 Å². The van der Waals surface area contributed by atoms with E-state index in [-0.39, 0.29) is 5.57 Å². The van der Waals surface area contributed by atoms with Crippen LogP contribution >= 0.6 is 0 Å². The predicted octanol–water partition coefficient (Wildman–Crippen LogP) is 2.89. The number of nitrogens with zero attached hydrogens (tertiary/aromatic N) is 3. The van der Waals surface area contributed by atoms with Gasteiger partial charge in [0.05, 0.1) is 0 Å². The van der Waals surface area contributed by atoms with Crippen LogP contribution in [-0.4, -0.2) is 10.5 Å². The first-order chi connectivity index (χ1) is 11.0. The summed E-state index contributed by atoms with van der Waals surface area (Å²) in [5, 5.41) is 20.7. The number of halogens is 1. The zero-order valence-electron chi connectivity index (χ0n) is 12.6. The summed E-state index contributed by atoms with van der Waals surface area (Å²) in [5.41, 5.74) is 2.11. The third kappa shape index (κ3) is 3.45. The van der Waals surface area contributed by atoms with Crippen LogP contribution in [0.25, 0.3) is 6.08 Å². The van der Waals surface area contributed by atoms with Crippen molar-refractivity contribution in [3.63, 3.8) is 0 Å². The smallest absolute Gasteiger partial charge is 0.266 e. The Morgan fingerprint density at radius 3 is 2.48 bits per heavy atom. The van der Waals surface area contributed by atoms with E-state index >= 15 is 0 Å². The molecule has 0 aliphatic heterocycles. The molecule has 1 amide bonds. The molecule has 0 unspecified atom stereocenters. The minimum absolute atomic E-state index is 0.104.